The maximum atomic E-state index is 12.4. The molecule has 3 aromatic rings. The number of carboxylic acids is 1. The molecule has 0 bridgehead atoms. The molecule has 1 aromatic heterocycles. The van der Waals surface area contributed by atoms with Gasteiger partial charge in [0.05, 0.1) is 4.90 Å². The zero-order valence-electron chi connectivity index (χ0n) is 12.2. The van der Waals surface area contributed by atoms with E-state index in [9.17, 15) is 13.2 Å². The maximum Gasteiger partial charge on any atom is 0.392 e. The van der Waals surface area contributed by atoms with Gasteiger partial charge < -0.3 is 9.52 Å². The Balaban J connectivity index is 2.06. The number of benzene rings is 2. The predicted octanol–water partition coefficient (Wildman–Crippen LogP) is 2.84. The molecular weight excluding hydrogens is 332 g/mol. The van der Waals surface area contributed by atoms with Gasteiger partial charge in [0, 0.05) is 5.56 Å². The van der Waals surface area contributed by atoms with Gasteiger partial charge in [-0.05, 0) is 12.1 Å². The lowest BCUT2D eigenvalue weighted by molar-refractivity contribution is 0.0655. The molecule has 0 saturated heterocycles. The number of aromatic nitrogens is 1. The third-order valence-electron chi connectivity index (χ3n) is 3.14. The second-order valence-electron chi connectivity index (χ2n) is 4.79. The molecule has 0 amide bonds. The summed E-state index contributed by atoms with van der Waals surface area (Å²) in [5.41, 5.74) is 0.631. The molecule has 0 atom stereocenters. The number of sulfonamides is 1. The molecule has 0 aliphatic carbocycles. The fourth-order valence-electron chi connectivity index (χ4n) is 2.05. The smallest absolute Gasteiger partial charge is 0.392 e. The van der Waals surface area contributed by atoms with Crippen LogP contribution in [0, 0.1) is 0 Å². The van der Waals surface area contributed by atoms with Crippen molar-refractivity contribution in [2.75, 3.05) is 4.72 Å². The van der Waals surface area contributed by atoms with Crippen LogP contribution >= 0.6 is 0 Å². The van der Waals surface area contributed by atoms with E-state index in [2.05, 4.69) is 9.71 Å². The lowest BCUT2D eigenvalue weighted by atomic mass is 10.2. The van der Waals surface area contributed by atoms with Gasteiger partial charge in [-0.3, -0.25) is 0 Å². The molecule has 0 aliphatic rings. The van der Waals surface area contributed by atoms with Crippen molar-refractivity contribution in [2.24, 2.45) is 0 Å². The highest BCUT2D eigenvalue weighted by atomic mass is 32.2. The van der Waals surface area contributed by atoms with Gasteiger partial charge in [-0.25, -0.2) is 22.9 Å². The third-order valence-corrected chi connectivity index (χ3v) is 4.48. The van der Waals surface area contributed by atoms with Gasteiger partial charge in [0.25, 0.3) is 10.0 Å². The first-order valence-corrected chi connectivity index (χ1v) is 8.33. The molecule has 3 rings (SSSR count). The monoisotopic (exact) mass is 344 g/mol. The van der Waals surface area contributed by atoms with Crippen molar-refractivity contribution < 1.29 is 22.7 Å². The summed E-state index contributed by atoms with van der Waals surface area (Å²) in [7, 11) is -3.93. The number of nitrogens with zero attached hydrogens (tertiary/aromatic N) is 1. The molecule has 7 nitrogen and oxygen atoms in total. The van der Waals surface area contributed by atoms with Crippen LogP contribution in [0.4, 0.5) is 5.88 Å². The van der Waals surface area contributed by atoms with Crippen LogP contribution < -0.4 is 4.72 Å². The van der Waals surface area contributed by atoms with Crippen LogP contribution in [0.2, 0.25) is 0 Å². The van der Waals surface area contributed by atoms with Crippen LogP contribution in [0.5, 0.6) is 0 Å². The average molecular weight is 344 g/mol. The van der Waals surface area contributed by atoms with Crippen LogP contribution in [0.3, 0.4) is 0 Å². The van der Waals surface area contributed by atoms with Crippen molar-refractivity contribution in [3.63, 3.8) is 0 Å². The standard InChI is InChI=1S/C16H12N2O5S/c19-16(20)15-17-13(11-7-3-1-4-8-11)14(23-15)18-24(21,22)12-9-5-2-6-10-12/h1-10,18H,(H,19,20). The third kappa shape index (κ3) is 3.13. The summed E-state index contributed by atoms with van der Waals surface area (Å²) >= 11 is 0. The minimum Gasteiger partial charge on any atom is -0.474 e. The van der Waals surface area contributed by atoms with Gasteiger partial charge in [-0.1, -0.05) is 48.5 Å². The molecule has 8 heteroatoms. The maximum absolute atomic E-state index is 12.4. The molecule has 0 radical (unpaired) electrons. The first-order valence-electron chi connectivity index (χ1n) is 6.85. The Bertz CT molecular complexity index is 966. The Labute approximate surface area is 137 Å². The molecular formula is C16H12N2O5S. The summed E-state index contributed by atoms with van der Waals surface area (Å²) in [5, 5.41) is 9.05. The number of aromatic carboxylic acids is 1. The number of hydrogen-bond acceptors (Lipinski definition) is 5. The first-order chi connectivity index (χ1) is 11.5. The van der Waals surface area contributed by atoms with Crippen molar-refractivity contribution in [2.45, 2.75) is 4.90 Å². The minimum absolute atomic E-state index is 0.0253. The molecule has 2 aromatic carbocycles. The molecule has 0 saturated carbocycles. The van der Waals surface area contributed by atoms with Crippen molar-refractivity contribution in [3.8, 4) is 11.3 Å². The van der Waals surface area contributed by atoms with E-state index in [-0.39, 0.29) is 16.5 Å². The topological polar surface area (TPSA) is 109 Å². The summed E-state index contributed by atoms with van der Waals surface area (Å²) in [6.45, 7) is 0. The molecule has 0 fully saturated rings. The van der Waals surface area contributed by atoms with E-state index in [1.165, 1.54) is 12.1 Å². The number of carbonyl (C=O) groups is 1. The van der Waals surface area contributed by atoms with Crippen molar-refractivity contribution >= 4 is 21.9 Å². The molecule has 0 spiro atoms. The van der Waals surface area contributed by atoms with E-state index in [0.717, 1.165) is 0 Å². The molecule has 0 aliphatic heterocycles. The van der Waals surface area contributed by atoms with Crippen LogP contribution in [0.1, 0.15) is 10.7 Å². The zero-order chi connectivity index (χ0) is 17.2. The predicted molar refractivity (Wildman–Crippen MR) is 86.1 cm³/mol. The lowest BCUT2D eigenvalue weighted by Gasteiger charge is -2.06. The van der Waals surface area contributed by atoms with E-state index in [0.29, 0.717) is 5.56 Å². The van der Waals surface area contributed by atoms with E-state index in [1.807, 2.05) is 0 Å². The van der Waals surface area contributed by atoms with Crippen molar-refractivity contribution in [3.05, 3.63) is 66.6 Å². The van der Waals surface area contributed by atoms with Crippen LogP contribution in [-0.4, -0.2) is 24.5 Å². The molecule has 0 unspecified atom stereocenters. The van der Waals surface area contributed by atoms with Gasteiger partial charge in [0.2, 0.25) is 5.88 Å². The normalized spacial score (nSPS) is 11.2. The van der Waals surface area contributed by atoms with Crippen molar-refractivity contribution in [1.29, 1.82) is 0 Å². The number of hydrogen-bond donors (Lipinski definition) is 2. The fraction of sp³-hybridized carbons (Fsp3) is 0. The van der Waals surface area contributed by atoms with E-state index < -0.39 is 21.9 Å². The van der Waals surface area contributed by atoms with Crippen LogP contribution in [0.25, 0.3) is 11.3 Å². The van der Waals surface area contributed by atoms with E-state index >= 15 is 0 Å². The first kappa shape index (κ1) is 15.8. The Kier molecular flexibility index (Phi) is 4.05. The highest BCUT2D eigenvalue weighted by Gasteiger charge is 2.24. The molecule has 122 valence electrons. The van der Waals surface area contributed by atoms with Crippen molar-refractivity contribution in [1.82, 2.24) is 4.98 Å². The number of nitrogens with one attached hydrogen (secondary N) is 1. The van der Waals surface area contributed by atoms with Gasteiger partial charge in [-0.2, -0.15) is 0 Å². The Morgan fingerprint density at radius 3 is 2.17 bits per heavy atom. The fourth-order valence-corrected chi connectivity index (χ4v) is 3.07. The Morgan fingerprint density at radius 1 is 1.00 bits per heavy atom. The van der Waals surface area contributed by atoms with E-state index in [1.54, 1.807) is 48.5 Å². The van der Waals surface area contributed by atoms with Gasteiger partial charge in [0.1, 0.15) is 5.69 Å². The number of carboxylic acid groups (broad SMARTS) is 1. The minimum atomic E-state index is -3.93. The average Bonchev–Trinajstić information content (AvgIpc) is 3.00. The largest absolute Gasteiger partial charge is 0.474 e. The second-order valence-corrected chi connectivity index (χ2v) is 6.47. The zero-order valence-corrected chi connectivity index (χ0v) is 13.0. The molecule has 24 heavy (non-hydrogen) atoms. The number of oxazole rings is 1. The SMILES string of the molecule is O=C(O)c1nc(-c2ccccc2)c(NS(=O)(=O)c2ccccc2)o1. The van der Waals surface area contributed by atoms with Gasteiger partial charge >= 0.3 is 11.9 Å². The van der Waals surface area contributed by atoms with Crippen LogP contribution in [-0.2, 0) is 10.0 Å². The van der Waals surface area contributed by atoms with Gasteiger partial charge in [-0.15, -0.1) is 0 Å². The van der Waals surface area contributed by atoms with Crippen LogP contribution in [0.15, 0.2) is 70.0 Å². The Hall–Kier alpha value is -3.13. The summed E-state index contributed by atoms with van der Waals surface area (Å²) in [4.78, 5) is 15.0. The van der Waals surface area contributed by atoms with Gasteiger partial charge in [0.15, 0.2) is 0 Å². The summed E-state index contributed by atoms with van der Waals surface area (Å²) < 4.78 is 32.2. The summed E-state index contributed by atoms with van der Waals surface area (Å²) in [6.07, 6.45) is 0. The number of anilines is 1. The summed E-state index contributed by atoms with van der Waals surface area (Å²) in [6, 6.07) is 16.2. The molecule has 1 heterocycles. The highest BCUT2D eigenvalue weighted by Crippen LogP contribution is 2.30. The summed E-state index contributed by atoms with van der Waals surface area (Å²) in [5.74, 6) is -2.24. The Morgan fingerprint density at radius 2 is 1.58 bits per heavy atom. The van der Waals surface area contributed by atoms with E-state index in [4.69, 9.17) is 9.52 Å². The highest BCUT2D eigenvalue weighted by molar-refractivity contribution is 7.92. The lowest BCUT2D eigenvalue weighted by Crippen LogP contribution is -2.12. The molecule has 2 N–H and O–H groups in total. The quantitative estimate of drug-likeness (QED) is 0.736. The second kappa shape index (κ2) is 6.17. The number of rotatable bonds is 5.